The van der Waals surface area contributed by atoms with Crippen molar-refractivity contribution in [3.63, 3.8) is 0 Å². The number of thiophene rings is 1. The van der Waals surface area contributed by atoms with E-state index in [1.807, 2.05) is 10.8 Å². The molecule has 0 saturated carbocycles. The zero-order valence-electron chi connectivity index (χ0n) is 14.1. The van der Waals surface area contributed by atoms with E-state index in [0.717, 1.165) is 21.1 Å². The number of fused-ring (bicyclic) bond motifs is 1. The van der Waals surface area contributed by atoms with Crippen LogP contribution in [0.3, 0.4) is 0 Å². The lowest BCUT2D eigenvalue weighted by Crippen LogP contribution is -2.22. The second-order valence-electron chi connectivity index (χ2n) is 5.68. The van der Waals surface area contributed by atoms with Crippen LogP contribution in [-0.2, 0) is 12.3 Å². The maximum Gasteiger partial charge on any atom is 0.263 e. The number of thiazole rings is 1. The van der Waals surface area contributed by atoms with Gasteiger partial charge in [0.2, 0.25) is 0 Å². The molecule has 0 bridgehead atoms. The molecular formula is C19H14FN3OS3. The summed E-state index contributed by atoms with van der Waals surface area (Å²) in [5.74, 6) is 0.333. The van der Waals surface area contributed by atoms with Crippen LogP contribution >= 0.6 is 34.4 Å². The topological polar surface area (TPSA) is 47.8 Å². The average Bonchev–Trinajstić information content (AvgIpc) is 3.33. The van der Waals surface area contributed by atoms with Crippen LogP contribution < -0.4 is 5.56 Å². The third-order valence-electron chi connectivity index (χ3n) is 3.85. The monoisotopic (exact) mass is 415 g/mol. The van der Waals surface area contributed by atoms with Crippen LogP contribution in [0.2, 0.25) is 0 Å². The molecule has 0 saturated heterocycles. The molecule has 4 aromatic rings. The molecule has 0 radical (unpaired) electrons. The molecule has 3 heterocycles. The van der Waals surface area contributed by atoms with Crippen LogP contribution in [0.15, 0.2) is 63.7 Å². The third kappa shape index (κ3) is 3.73. The van der Waals surface area contributed by atoms with Gasteiger partial charge in [0.15, 0.2) is 5.16 Å². The van der Waals surface area contributed by atoms with E-state index in [4.69, 9.17) is 0 Å². The number of aromatic nitrogens is 3. The van der Waals surface area contributed by atoms with Gasteiger partial charge >= 0.3 is 0 Å². The third-order valence-corrected chi connectivity index (χ3v) is 6.61. The summed E-state index contributed by atoms with van der Waals surface area (Å²) < 4.78 is 14.7. The second kappa shape index (κ2) is 7.75. The molecule has 136 valence electrons. The molecule has 0 N–H and O–H groups in total. The Morgan fingerprint density at radius 3 is 2.78 bits per heavy atom. The predicted molar refractivity (Wildman–Crippen MR) is 111 cm³/mol. The molecule has 27 heavy (non-hydrogen) atoms. The summed E-state index contributed by atoms with van der Waals surface area (Å²) in [4.78, 5) is 22.6. The minimum Gasteiger partial charge on any atom is -0.283 e. The van der Waals surface area contributed by atoms with Gasteiger partial charge in [0.25, 0.3) is 5.56 Å². The van der Waals surface area contributed by atoms with Crippen LogP contribution in [0.1, 0.15) is 5.69 Å². The Labute approximate surface area is 167 Å². The molecule has 0 amide bonds. The van der Waals surface area contributed by atoms with Gasteiger partial charge in [-0.2, -0.15) is 0 Å². The van der Waals surface area contributed by atoms with Crippen molar-refractivity contribution in [3.8, 4) is 10.6 Å². The molecule has 0 atom stereocenters. The zero-order chi connectivity index (χ0) is 18.8. The Hall–Kier alpha value is -2.29. The van der Waals surface area contributed by atoms with Crippen LogP contribution in [0.4, 0.5) is 4.39 Å². The molecule has 0 aliphatic rings. The number of halogens is 1. The minimum absolute atomic E-state index is 0.0473. The van der Waals surface area contributed by atoms with Crippen molar-refractivity contribution in [1.82, 2.24) is 14.5 Å². The van der Waals surface area contributed by atoms with E-state index in [2.05, 4.69) is 16.5 Å². The first-order valence-corrected chi connectivity index (χ1v) is 10.8. The normalized spacial score (nSPS) is 11.1. The van der Waals surface area contributed by atoms with Crippen LogP contribution in [0.5, 0.6) is 0 Å². The highest BCUT2D eigenvalue weighted by molar-refractivity contribution is 7.98. The van der Waals surface area contributed by atoms with E-state index >= 15 is 0 Å². The number of hydrogen-bond donors (Lipinski definition) is 0. The summed E-state index contributed by atoms with van der Waals surface area (Å²) >= 11 is 4.45. The highest BCUT2D eigenvalue weighted by Crippen LogP contribution is 2.28. The zero-order valence-corrected chi connectivity index (χ0v) is 16.5. The van der Waals surface area contributed by atoms with Crippen molar-refractivity contribution in [1.29, 1.82) is 0 Å². The van der Waals surface area contributed by atoms with Crippen molar-refractivity contribution < 1.29 is 4.39 Å². The SMILES string of the molecule is C=CCn1c(SCc2csc(-c3ccc(F)cc3)n2)nc2sccc2c1=O. The summed E-state index contributed by atoms with van der Waals surface area (Å²) in [5, 5.41) is 5.99. The van der Waals surface area contributed by atoms with E-state index in [9.17, 15) is 9.18 Å². The van der Waals surface area contributed by atoms with Gasteiger partial charge in [-0.3, -0.25) is 9.36 Å². The van der Waals surface area contributed by atoms with Gasteiger partial charge < -0.3 is 0 Å². The maximum absolute atomic E-state index is 13.1. The lowest BCUT2D eigenvalue weighted by molar-refractivity contribution is 0.628. The van der Waals surface area contributed by atoms with Crippen molar-refractivity contribution >= 4 is 44.7 Å². The number of hydrogen-bond acceptors (Lipinski definition) is 6. The molecule has 3 aromatic heterocycles. The summed E-state index contributed by atoms with van der Waals surface area (Å²) in [7, 11) is 0. The molecule has 0 spiro atoms. The van der Waals surface area contributed by atoms with Gasteiger partial charge in [0, 0.05) is 23.2 Å². The molecular weight excluding hydrogens is 401 g/mol. The highest BCUT2D eigenvalue weighted by atomic mass is 32.2. The number of allylic oxidation sites excluding steroid dienone is 1. The Morgan fingerprint density at radius 1 is 1.19 bits per heavy atom. The Morgan fingerprint density at radius 2 is 2.00 bits per heavy atom. The van der Waals surface area contributed by atoms with Crippen molar-refractivity contribution in [2.45, 2.75) is 17.5 Å². The molecule has 0 unspecified atom stereocenters. The maximum atomic E-state index is 13.1. The Bertz CT molecular complexity index is 1160. The molecule has 0 fully saturated rings. The number of thioether (sulfide) groups is 1. The molecule has 4 nitrogen and oxygen atoms in total. The fourth-order valence-electron chi connectivity index (χ4n) is 2.57. The molecule has 0 aliphatic heterocycles. The summed E-state index contributed by atoms with van der Waals surface area (Å²) in [6, 6.07) is 8.11. The van der Waals surface area contributed by atoms with Gasteiger partial charge in [0.1, 0.15) is 15.7 Å². The Balaban J connectivity index is 1.58. The summed E-state index contributed by atoms with van der Waals surface area (Å²) in [5.41, 5.74) is 1.74. The van der Waals surface area contributed by atoms with Crippen LogP contribution in [0.25, 0.3) is 20.8 Å². The summed E-state index contributed by atoms with van der Waals surface area (Å²) in [6.07, 6.45) is 1.70. The van der Waals surface area contributed by atoms with Gasteiger partial charge in [-0.1, -0.05) is 17.8 Å². The lowest BCUT2D eigenvalue weighted by atomic mass is 10.2. The van der Waals surface area contributed by atoms with E-state index < -0.39 is 0 Å². The van der Waals surface area contributed by atoms with Gasteiger partial charge in [0.05, 0.1) is 11.1 Å². The Kier molecular flexibility index (Phi) is 5.20. The lowest BCUT2D eigenvalue weighted by Gasteiger charge is -2.09. The van der Waals surface area contributed by atoms with Gasteiger partial charge in [-0.05, 0) is 35.7 Å². The van der Waals surface area contributed by atoms with E-state index in [-0.39, 0.29) is 11.4 Å². The molecule has 8 heteroatoms. The van der Waals surface area contributed by atoms with Crippen molar-refractivity contribution in [2.75, 3.05) is 0 Å². The summed E-state index contributed by atoms with van der Waals surface area (Å²) in [6.45, 7) is 4.15. The van der Waals surface area contributed by atoms with E-state index in [1.165, 1.54) is 46.6 Å². The fourth-order valence-corrected chi connectivity index (χ4v) is 5.20. The van der Waals surface area contributed by atoms with E-state index in [1.54, 1.807) is 28.8 Å². The molecule has 1 aromatic carbocycles. The number of nitrogens with zero attached hydrogens (tertiary/aromatic N) is 3. The molecule has 4 rings (SSSR count). The number of rotatable bonds is 6. The van der Waals surface area contributed by atoms with Crippen LogP contribution in [-0.4, -0.2) is 14.5 Å². The average molecular weight is 416 g/mol. The second-order valence-corrected chi connectivity index (χ2v) is 8.37. The van der Waals surface area contributed by atoms with Gasteiger partial charge in [-0.15, -0.1) is 29.3 Å². The first-order chi connectivity index (χ1) is 13.2. The predicted octanol–water partition coefficient (Wildman–Crippen LogP) is 5.20. The fraction of sp³-hybridized carbons (Fsp3) is 0.105. The van der Waals surface area contributed by atoms with Gasteiger partial charge in [-0.25, -0.2) is 14.4 Å². The van der Waals surface area contributed by atoms with Crippen LogP contribution in [0, 0.1) is 5.82 Å². The van der Waals surface area contributed by atoms with Crippen molar-refractivity contribution in [3.05, 3.63) is 75.6 Å². The van der Waals surface area contributed by atoms with E-state index in [0.29, 0.717) is 22.8 Å². The smallest absolute Gasteiger partial charge is 0.263 e. The quantitative estimate of drug-likeness (QED) is 0.247. The highest BCUT2D eigenvalue weighted by Gasteiger charge is 2.13. The standard InChI is InChI=1S/C19H14FN3OS3/c1-2-8-23-18(24)15-7-9-25-17(15)22-19(23)27-11-14-10-26-16(21-14)12-3-5-13(20)6-4-12/h2-7,9-10H,1,8,11H2. The minimum atomic E-state index is -0.263. The largest absolute Gasteiger partial charge is 0.283 e. The molecule has 0 aliphatic carbocycles. The first kappa shape index (κ1) is 18.1. The number of benzene rings is 1. The first-order valence-electron chi connectivity index (χ1n) is 8.08. The van der Waals surface area contributed by atoms with Crippen molar-refractivity contribution in [2.24, 2.45) is 0 Å².